The van der Waals surface area contributed by atoms with E-state index >= 15 is 0 Å². The molecule has 0 bridgehead atoms. The molecule has 0 fully saturated rings. The van der Waals surface area contributed by atoms with Gasteiger partial charge < -0.3 is 4.74 Å². The van der Waals surface area contributed by atoms with Crippen LogP contribution in [0.4, 0.5) is 8.78 Å². The van der Waals surface area contributed by atoms with Gasteiger partial charge in [-0.2, -0.15) is 0 Å². The van der Waals surface area contributed by atoms with E-state index in [1.165, 1.54) is 0 Å². The molecular weight excluding hydrogens is 222 g/mol. The van der Waals surface area contributed by atoms with E-state index in [9.17, 15) is 8.78 Å². The summed E-state index contributed by atoms with van der Waals surface area (Å²) in [5.41, 5.74) is 1.70. The second-order valence-corrected chi connectivity index (χ2v) is 5.13. The zero-order chi connectivity index (χ0) is 12.5. The monoisotopic (exact) mass is 240 g/mol. The number of halogens is 2. The van der Waals surface area contributed by atoms with Gasteiger partial charge in [0.15, 0.2) is 0 Å². The van der Waals surface area contributed by atoms with Crippen molar-refractivity contribution < 1.29 is 13.5 Å². The molecule has 0 aromatic heterocycles. The van der Waals surface area contributed by atoms with Gasteiger partial charge in [0, 0.05) is 24.8 Å². The second kappa shape index (κ2) is 4.63. The van der Waals surface area contributed by atoms with Crippen LogP contribution in [0.5, 0.6) is 5.75 Å². The van der Waals surface area contributed by atoms with Crippen LogP contribution in [0.2, 0.25) is 0 Å². The van der Waals surface area contributed by atoms with Crippen molar-refractivity contribution in [3.63, 3.8) is 0 Å². The van der Waals surface area contributed by atoms with Gasteiger partial charge in [0.2, 0.25) is 0 Å². The van der Waals surface area contributed by atoms with Crippen molar-refractivity contribution in [1.82, 2.24) is 0 Å². The van der Waals surface area contributed by atoms with Gasteiger partial charge in [-0.15, -0.1) is 0 Å². The van der Waals surface area contributed by atoms with Crippen LogP contribution in [0.15, 0.2) is 18.2 Å². The molecule has 94 valence electrons. The fraction of sp³-hybridized carbons (Fsp3) is 0.571. The Morgan fingerprint density at radius 3 is 2.82 bits per heavy atom. The molecule has 0 atom stereocenters. The lowest BCUT2D eigenvalue weighted by Gasteiger charge is -2.19. The summed E-state index contributed by atoms with van der Waals surface area (Å²) in [5.74, 6) is -1.95. The number of ether oxygens (including phenoxy) is 1. The number of para-hydroxylation sites is 1. The molecule has 0 unspecified atom stereocenters. The van der Waals surface area contributed by atoms with E-state index in [1.54, 1.807) is 6.07 Å². The SMILES string of the molecule is CC(C)CC(F)(F)Cc1cccc2c1OCC2. The standard InChI is InChI=1S/C14H18F2O/c1-10(2)8-14(15,16)9-12-5-3-4-11-6-7-17-13(11)12/h3-5,10H,6-9H2,1-2H3. The first kappa shape index (κ1) is 12.3. The van der Waals surface area contributed by atoms with E-state index in [4.69, 9.17) is 4.74 Å². The Bertz CT molecular complexity index is 399. The maximum atomic E-state index is 13.8. The summed E-state index contributed by atoms with van der Waals surface area (Å²) in [5, 5.41) is 0. The van der Waals surface area contributed by atoms with Crippen molar-refractivity contribution in [2.75, 3.05) is 6.61 Å². The fourth-order valence-corrected chi connectivity index (χ4v) is 2.37. The van der Waals surface area contributed by atoms with Crippen LogP contribution in [0, 0.1) is 5.92 Å². The smallest absolute Gasteiger partial charge is 0.252 e. The molecular formula is C14H18F2O. The average Bonchev–Trinajstić information content (AvgIpc) is 2.63. The van der Waals surface area contributed by atoms with Crippen molar-refractivity contribution in [1.29, 1.82) is 0 Å². The average molecular weight is 240 g/mol. The van der Waals surface area contributed by atoms with Crippen LogP contribution < -0.4 is 4.74 Å². The predicted octanol–water partition coefficient (Wildman–Crippen LogP) is 3.85. The predicted molar refractivity (Wildman–Crippen MR) is 63.7 cm³/mol. The van der Waals surface area contributed by atoms with Crippen molar-refractivity contribution in [2.24, 2.45) is 5.92 Å². The molecule has 0 spiro atoms. The number of fused-ring (bicyclic) bond motifs is 1. The molecule has 0 N–H and O–H groups in total. The molecule has 3 heteroatoms. The number of rotatable bonds is 4. The summed E-state index contributed by atoms with van der Waals surface area (Å²) in [6.45, 7) is 4.25. The highest BCUT2D eigenvalue weighted by atomic mass is 19.3. The first-order chi connectivity index (χ1) is 7.98. The van der Waals surface area contributed by atoms with Crippen LogP contribution >= 0.6 is 0 Å². The largest absolute Gasteiger partial charge is 0.493 e. The maximum absolute atomic E-state index is 13.8. The van der Waals surface area contributed by atoms with Gasteiger partial charge in [0.25, 0.3) is 5.92 Å². The minimum atomic E-state index is -2.64. The third kappa shape index (κ3) is 2.96. The van der Waals surface area contributed by atoms with E-state index in [-0.39, 0.29) is 18.8 Å². The molecule has 0 aliphatic carbocycles. The van der Waals surface area contributed by atoms with Gasteiger partial charge in [-0.3, -0.25) is 0 Å². The molecule has 0 saturated carbocycles. The molecule has 0 amide bonds. The zero-order valence-corrected chi connectivity index (χ0v) is 10.3. The Morgan fingerprint density at radius 1 is 1.35 bits per heavy atom. The molecule has 1 aliphatic rings. The number of hydrogen-bond acceptors (Lipinski definition) is 1. The van der Waals surface area contributed by atoms with Crippen LogP contribution in [-0.2, 0) is 12.8 Å². The summed E-state index contributed by atoms with van der Waals surface area (Å²) < 4.78 is 33.0. The summed E-state index contributed by atoms with van der Waals surface area (Å²) >= 11 is 0. The molecule has 0 radical (unpaired) electrons. The van der Waals surface area contributed by atoms with Crippen LogP contribution in [0.1, 0.15) is 31.4 Å². The van der Waals surface area contributed by atoms with Gasteiger partial charge in [0.05, 0.1) is 6.61 Å². The molecule has 1 aliphatic heterocycles. The van der Waals surface area contributed by atoms with E-state index in [0.717, 1.165) is 12.0 Å². The van der Waals surface area contributed by atoms with E-state index in [0.29, 0.717) is 17.9 Å². The Labute approximate surface area is 101 Å². The number of alkyl halides is 2. The van der Waals surface area contributed by atoms with Crippen molar-refractivity contribution in [3.05, 3.63) is 29.3 Å². The minimum absolute atomic E-state index is 0.00248. The van der Waals surface area contributed by atoms with Crippen LogP contribution in [0.25, 0.3) is 0 Å². The van der Waals surface area contributed by atoms with Gasteiger partial charge in [0.1, 0.15) is 5.75 Å². The highest BCUT2D eigenvalue weighted by Gasteiger charge is 2.32. The van der Waals surface area contributed by atoms with Gasteiger partial charge >= 0.3 is 0 Å². The first-order valence-corrected chi connectivity index (χ1v) is 6.09. The molecule has 0 saturated heterocycles. The maximum Gasteiger partial charge on any atom is 0.252 e. The van der Waals surface area contributed by atoms with E-state index in [2.05, 4.69) is 0 Å². The van der Waals surface area contributed by atoms with Crippen LogP contribution in [-0.4, -0.2) is 12.5 Å². The van der Waals surface area contributed by atoms with Gasteiger partial charge in [-0.25, -0.2) is 8.78 Å². The lowest BCUT2D eigenvalue weighted by Crippen LogP contribution is -2.22. The molecule has 1 nitrogen and oxygen atoms in total. The van der Waals surface area contributed by atoms with E-state index in [1.807, 2.05) is 26.0 Å². The molecule has 1 heterocycles. The Kier molecular flexibility index (Phi) is 3.36. The Morgan fingerprint density at radius 2 is 2.12 bits per heavy atom. The van der Waals surface area contributed by atoms with Gasteiger partial charge in [-0.1, -0.05) is 32.0 Å². The fourth-order valence-electron chi connectivity index (χ4n) is 2.37. The molecule has 17 heavy (non-hydrogen) atoms. The van der Waals surface area contributed by atoms with Crippen LogP contribution in [0.3, 0.4) is 0 Å². The normalized spacial score (nSPS) is 14.9. The Hall–Kier alpha value is -1.12. The summed E-state index contributed by atoms with van der Waals surface area (Å²) in [4.78, 5) is 0. The number of hydrogen-bond donors (Lipinski definition) is 0. The van der Waals surface area contributed by atoms with E-state index < -0.39 is 5.92 Å². The quantitative estimate of drug-likeness (QED) is 0.776. The summed E-state index contributed by atoms with van der Waals surface area (Å²) in [7, 11) is 0. The zero-order valence-electron chi connectivity index (χ0n) is 10.3. The third-order valence-corrected chi connectivity index (χ3v) is 2.95. The lowest BCUT2D eigenvalue weighted by molar-refractivity contribution is -0.0188. The first-order valence-electron chi connectivity index (χ1n) is 6.09. The van der Waals surface area contributed by atoms with Gasteiger partial charge in [-0.05, 0) is 11.5 Å². The highest BCUT2D eigenvalue weighted by Crippen LogP contribution is 2.35. The Balaban J connectivity index is 2.16. The minimum Gasteiger partial charge on any atom is -0.493 e. The summed E-state index contributed by atoms with van der Waals surface area (Å²) in [6.07, 6.45) is 0.546. The second-order valence-electron chi connectivity index (χ2n) is 5.13. The lowest BCUT2D eigenvalue weighted by atomic mass is 9.97. The number of benzene rings is 1. The van der Waals surface area contributed by atoms with Crippen molar-refractivity contribution in [2.45, 2.75) is 39.0 Å². The highest BCUT2D eigenvalue weighted by molar-refractivity contribution is 5.44. The van der Waals surface area contributed by atoms with Crippen molar-refractivity contribution >= 4 is 0 Å². The molecule has 1 aromatic carbocycles. The third-order valence-electron chi connectivity index (χ3n) is 2.95. The topological polar surface area (TPSA) is 9.23 Å². The summed E-state index contributed by atoms with van der Waals surface area (Å²) in [6, 6.07) is 5.54. The molecule has 1 aromatic rings. The van der Waals surface area contributed by atoms with Crippen molar-refractivity contribution in [3.8, 4) is 5.75 Å². The molecule has 2 rings (SSSR count).